The molecule has 0 aliphatic rings. The molecule has 5 aromatic rings. The quantitative estimate of drug-likeness (QED) is 0.107. The van der Waals surface area contributed by atoms with Gasteiger partial charge in [-0.05, 0) is 35.4 Å². The first-order valence-corrected chi connectivity index (χ1v) is 17.5. The van der Waals surface area contributed by atoms with Crippen LogP contribution in [0, 0.1) is 0 Å². The van der Waals surface area contributed by atoms with Gasteiger partial charge in [0.25, 0.3) is 0 Å². The van der Waals surface area contributed by atoms with Crippen LogP contribution in [0.3, 0.4) is 0 Å². The molecule has 1 atom stereocenters. The van der Waals surface area contributed by atoms with E-state index in [2.05, 4.69) is 0 Å². The molecule has 197 valence electrons. The Bertz CT molecular complexity index is 1500. The molecule has 0 aliphatic carbocycles. The van der Waals surface area contributed by atoms with E-state index in [1.54, 1.807) is 7.11 Å². The molecule has 4 aromatic carbocycles. The van der Waals surface area contributed by atoms with Gasteiger partial charge in [-0.2, -0.15) is 0 Å². The zero-order valence-corrected chi connectivity index (χ0v) is 24.3. The number of fused-ring (bicyclic) bond motifs is 1. The van der Waals surface area contributed by atoms with E-state index in [9.17, 15) is 4.79 Å². The molecule has 5 rings (SSSR count). The Labute approximate surface area is 241 Å². The van der Waals surface area contributed by atoms with Gasteiger partial charge in [0.15, 0.2) is 5.78 Å². The molecule has 0 saturated heterocycles. The molecule has 0 spiro atoms. The van der Waals surface area contributed by atoms with E-state index in [0.29, 0.717) is 22.7 Å². The number of rotatable bonds is 6. The topological polar surface area (TPSA) is 37.6 Å². The Hall–Kier alpha value is -2.56. The van der Waals surface area contributed by atoms with Crippen LogP contribution < -0.4 is 4.74 Å². The SMILES string of the molecule is COc1ccc2c(C(C(=O)c3ccccc3)c3ccccc3)cc(-c3ccccc3)[o+]c2c1.[Cl][Fe-]([Cl])([Cl])[Cl]. The van der Waals surface area contributed by atoms with Crippen molar-refractivity contribution in [2.24, 2.45) is 0 Å². The van der Waals surface area contributed by atoms with E-state index in [4.69, 9.17) is 49.5 Å². The molecule has 0 radical (unpaired) electrons. The van der Waals surface area contributed by atoms with Crippen molar-refractivity contribution in [1.82, 2.24) is 0 Å². The number of carbonyl (C=O) groups is 1. The minimum atomic E-state index is -2.61. The van der Waals surface area contributed by atoms with E-state index in [1.165, 1.54) is 0 Å². The summed E-state index contributed by atoms with van der Waals surface area (Å²) in [5.74, 6) is 0.966. The van der Waals surface area contributed by atoms with Crippen molar-refractivity contribution in [3.05, 3.63) is 132 Å². The van der Waals surface area contributed by atoms with Crippen LogP contribution in [0.1, 0.15) is 27.4 Å². The van der Waals surface area contributed by atoms with Crippen LogP contribution in [0.4, 0.5) is 0 Å². The summed E-state index contributed by atoms with van der Waals surface area (Å²) in [5, 5.41) is 0.883. The number of ketones is 1. The molecule has 0 amide bonds. The second kappa shape index (κ2) is 13.0. The molecule has 1 heterocycles. The second-order valence-electron chi connectivity index (χ2n) is 8.17. The number of hydrogen-bond donors (Lipinski definition) is 0. The summed E-state index contributed by atoms with van der Waals surface area (Å²) < 4.78 is 11.8. The molecular formula is C30H23Cl4FeO3. The number of ether oxygens (including phenoxy) is 1. The van der Waals surface area contributed by atoms with Crippen molar-refractivity contribution >= 4 is 57.1 Å². The summed E-state index contributed by atoms with van der Waals surface area (Å²) in [6.45, 7) is 0. The van der Waals surface area contributed by atoms with Crippen LogP contribution in [0.15, 0.2) is 120 Å². The summed E-state index contributed by atoms with van der Waals surface area (Å²) in [6, 6.07) is 37.1. The molecule has 0 saturated carbocycles. The standard InChI is InChI=1S/C30H23O3.4ClH.Fe/c1-32-24-17-18-25-26(20-27(33-28(25)19-24)21-11-5-2-6-12-21)29(22-13-7-3-8-14-22)30(31)23-15-9-4-10-16-23;;;;;/h2-20,29H,1H3;4*1H;/q+1;;;;;+3/p-4. The summed E-state index contributed by atoms with van der Waals surface area (Å²) in [6.07, 6.45) is 0. The molecule has 1 unspecified atom stereocenters. The van der Waals surface area contributed by atoms with Crippen LogP contribution in [-0.4, -0.2) is 12.9 Å². The van der Waals surface area contributed by atoms with Gasteiger partial charge in [0, 0.05) is 11.6 Å². The van der Waals surface area contributed by atoms with Crippen LogP contribution in [0.25, 0.3) is 22.3 Å². The van der Waals surface area contributed by atoms with Gasteiger partial charge in [-0.15, -0.1) is 0 Å². The molecule has 1 aromatic heterocycles. The first-order chi connectivity index (χ1) is 18.2. The fourth-order valence-corrected chi connectivity index (χ4v) is 4.19. The van der Waals surface area contributed by atoms with Crippen LogP contribution in [0.5, 0.6) is 5.75 Å². The second-order valence-corrected chi connectivity index (χ2v) is 19.1. The van der Waals surface area contributed by atoms with E-state index in [-0.39, 0.29) is 5.78 Å². The number of hydrogen-bond acceptors (Lipinski definition) is 2. The van der Waals surface area contributed by atoms with Crippen molar-refractivity contribution in [1.29, 1.82) is 0 Å². The maximum absolute atomic E-state index is 13.9. The van der Waals surface area contributed by atoms with Crippen molar-refractivity contribution in [3.8, 4) is 17.1 Å². The average Bonchev–Trinajstić information content (AvgIpc) is 2.93. The Morgan fingerprint density at radius 1 is 0.763 bits per heavy atom. The normalized spacial score (nSPS) is 12.2. The molecule has 38 heavy (non-hydrogen) atoms. The first kappa shape index (κ1) is 28.4. The molecule has 0 N–H and O–H groups in total. The predicted octanol–water partition coefficient (Wildman–Crippen LogP) is 10.2. The van der Waals surface area contributed by atoms with Gasteiger partial charge in [0.2, 0.25) is 0 Å². The third-order valence-electron chi connectivity index (χ3n) is 5.83. The number of carbonyl (C=O) groups excluding carboxylic acids is 1. The average molecular weight is 629 g/mol. The number of Topliss-reactive ketones (excluding diaryl/α,β-unsaturated/α-hetero) is 1. The molecule has 3 nitrogen and oxygen atoms in total. The summed E-state index contributed by atoms with van der Waals surface area (Å²) >= 11 is 0. The zero-order chi connectivity index (χ0) is 27.1. The fourth-order valence-electron chi connectivity index (χ4n) is 4.19. The van der Waals surface area contributed by atoms with Crippen molar-refractivity contribution < 1.29 is 23.1 Å². The van der Waals surface area contributed by atoms with E-state index in [0.717, 1.165) is 22.1 Å². The molecule has 0 fully saturated rings. The van der Waals surface area contributed by atoms with E-state index >= 15 is 0 Å². The van der Waals surface area contributed by atoms with Gasteiger partial charge in [-0.25, -0.2) is 4.42 Å². The van der Waals surface area contributed by atoms with Crippen LogP contribution >= 0.6 is 40.4 Å². The summed E-state index contributed by atoms with van der Waals surface area (Å²) in [4.78, 5) is 13.9. The number of methoxy groups -OCH3 is 1. The van der Waals surface area contributed by atoms with Gasteiger partial charge >= 0.3 is 60.9 Å². The zero-order valence-electron chi connectivity index (χ0n) is 20.1. The predicted molar refractivity (Wildman–Crippen MR) is 155 cm³/mol. The van der Waals surface area contributed by atoms with Gasteiger partial charge in [-0.3, -0.25) is 4.79 Å². The minimum absolute atomic E-state index is 0.0455. The van der Waals surface area contributed by atoms with Gasteiger partial charge < -0.3 is 4.74 Å². The number of benzene rings is 4. The van der Waals surface area contributed by atoms with Crippen LogP contribution in [-0.2, 0) is 9.20 Å². The third kappa shape index (κ3) is 7.51. The summed E-state index contributed by atoms with van der Waals surface area (Å²) in [5.41, 5.74) is 4.14. The monoisotopic (exact) mass is 627 g/mol. The van der Waals surface area contributed by atoms with Gasteiger partial charge in [0.1, 0.15) is 5.75 Å². The van der Waals surface area contributed by atoms with Gasteiger partial charge in [0.05, 0.1) is 30.0 Å². The molecule has 0 bridgehead atoms. The Balaban J connectivity index is 0.000000617. The molecule has 0 aliphatic heterocycles. The Morgan fingerprint density at radius 3 is 1.89 bits per heavy atom. The Kier molecular flexibility index (Phi) is 9.73. The summed E-state index contributed by atoms with van der Waals surface area (Å²) in [7, 11) is 18.8. The Morgan fingerprint density at radius 2 is 1.32 bits per heavy atom. The fraction of sp³-hybridized carbons (Fsp3) is 0.0667. The third-order valence-corrected chi connectivity index (χ3v) is 5.83. The van der Waals surface area contributed by atoms with Gasteiger partial charge in [-0.1, -0.05) is 78.9 Å². The van der Waals surface area contributed by atoms with Crippen LogP contribution in [0.2, 0.25) is 0 Å². The number of halogens is 4. The molecule has 8 heteroatoms. The van der Waals surface area contributed by atoms with Crippen molar-refractivity contribution in [3.63, 3.8) is 0 Å². The van der Waals surface area contributed by atoms with E-state index < -0.39 is 15.1 Å². The first-order valence-electron chi connectivity index (χ1n) is 11.4. The van der Waals surface area contributed by atoms with Crippen molar-refractivity contribution in [2.45, 2.75) is 5.92 Å². The van der Waals surface area contributed by atoms with E-state index in [1.807, 2.05) is 115 Å². The molecular weight excluding hydrogens is 606 g/mol. The van der Waals surface area contributed by atoms with Crippen molar-refractivity contribution in [2.75, 3.05) is 7.11 Å². The maximum atomic E-state index is 13.9.